The number of amides is 2. The fraction of sp³-hybridized carbons (Fsp3) is 0.385. The van der Waals surface area contributed by atoms with Crippen LogP contribution in [0.4, 0.5) is 5.69 Å². The highest BCUT2D eigenvalue weighted by atomic mass is 16.5. The molecule has 2 aliphatic heterocycles. The highest BCUT2D eigenvalue weighted by molar-refractivity contribution is 6.00. The molecule has 1 atom stereocenters. The predicted octanol–water partition coefficient (Wildman–Crippen LogP) is 3.81. The Morgan fingerprint density at radius 3 is 2.53 bits per heavy atom. The van der Waals surface area contributed by atoms with Crippen molar-refractivity contribution in [1.82, 2.24) is 15.0 Å². The van der Waals surface area contributed by atoms with Crippen LogP contribution in [-0.4, -0.2) is 53.6 Å². The fourth-order valence-electron chi connectivity index (χ4n) is 4.82. The third kappa shape index (κ3) is 4.27. The molecule has 8 heteroatoms. The Balaban J connectivity index is 1.19. The van der Waals surface area contributed by atoms with Crippen LogP contribution in [0.3, 0.4) is 0 Å². The minimum atomic E-state index is -0.316. The van der Waals surface area contributed by atoms with Gasteiger partial charge in [-0.05, 0) is 55.7 Å². The van der Waals surface area contributed by atoms with E-state index in [9.17, 15) is 9.59 Å². The molecule has 8 nitrogen and oxygen atoms in total. The van der Waals surface area contributed by atoms with E-state index in [1.165, 1.54) is 0 Å². The van der Waals surface area contributed by atoms with Gasteiger partial charge in [0, 0.05) is 43.2 Å². The van der Waals surface area contributed by atoms with Crippen LogP contribution in [0.25, 0.3) is 11.5 Å². The standard InChI is InChI=1S/C26H28N4O4/c1-17-5-3-4-6-22(17)25-27-24(28-34-25)18-11-13-29(14-12-18)26(32)19-15-23(31)30(16-19)20-7-9-21(33-2)10-8-20/h3-10,18-19H,11-16H2,1-2H3/t19-/m1/s1. The Morgan fingerprint density at radius 2 is 1.82 bits per heavy atom. The van der Waals surface area contributed by atoms with Crippen molar-refractivity contribution < 1.29 is 18.8 Å². The minimum absolute atomic E-state index is 0.0195. The number of carbonyl (C=O) groups excluding carboxylic acids is 2. The molecule has 0 aliphatic carbocycles. The fourth-order valence-corrected chi connectivity index (χ4v) is 4.82. The zero-order valence-corrected chi connectivity index (χ0v) is 19.4. The van der Waals surface area contributed by atoms with E-state index >= 15 is 0 Å². The Kier molecular flexibility index (Phi) is 6.04. The summed E-state index contributed by atoms with van der Waals surface area (Å²) in [7, 11) is 1.61. The number of nitrogens with zero attached hydrogens (tertiary/aromatic N) is 4. The summed E-state index contributed by atoms with van der Waals surface area (Å²) in [6.07, 6.45) is 1.80. The van der Waals surface area contributed by atoms with Crippen molar-refractivity contribution >= 4 is 17.5 Å². The number of methoxy groups -OCH3 is 1. The summed E-state index contributed by atoms with van der Waals surface area (Å²) in [5.41, 5.74) is 2.83. The van der Waals surface area contributed by atoms with Crippen molar-refractivity contribution in [3.8, 4) is 17.2 Å². The molecule has 3 aromatic rings. The molecule has 0 bridgehead atoms. The second-order valence-corrected chi connectivity index (χ2v) is 8.98. The first-order valence-corrected chi connectivity index (χ1v) is 11.7. The second-order valence-electron chi connectivity index (χ2n) is 8.98. The molecular weight excluding hydrogens is 432 g/mol. The van der Waals surface area contributed by atoms with E-state index in [0.717, 1.165) is 35.4 Å². The number of piperidine rings is 1. The van der Waals surface area contributed by atoms with Gasteiger partial charge in [-0.15, -0.1) is 0 Å². The molecule has 0 unspecified atom stereocenters. The lowest BCUT2D eigenvalue weighted by Gasteiger charge is -2.32. The lowest BCUT2D eigenvalue weighted by molar-refractivity contribution is -0.136. The Bertz CT molecular complexity index is 1180. The lowest BCUT2D eigenvalue weighted by atomic mass is 9.95. The summed E-state index contributed by atoms with van der Waals surface area (Å²) in [4.78, 5) is 34.0. The largest absolute Gasteiger partial charge is 0.497 e. The number of likely N-dealkylation sites (tertiary alicyclic amines) is 1. The molecule has 2 fully saturated rings. The smallest absolute Gasteiger partial charge is 0.258 e. The lowest BCUT2D eigenvalue weighted by Crippen LogP contribution is -2.42. The second kappa shape index (κ2) is 9.29. The van der Waals surface area contributed by atoms with E-state index in [1.54, 1.807) is 12.0 Å². The zero-order valence-electron chi connectivity index (χ0n) is 19.4. The van der Waals surface area contributed by atoms with E-state index in [4.69, 9.17) is 9.26 Å². The van der Waals surface area contributed by atoms with Crippen molar-refractivity contribution in [2.45, 2.75) is 32.1 Å². The molecule has 34 heavy (non-hydrogen) atoms. The van der Waals surface area contributed by atoms with Gasteiger partial charge >= 0.3 is 0 Å². The highest BCUT2D eigenvalue weighted by Crippen LogP contribution is 2.32. The summed E-state index contributed by atoms with van der Waals surface area (Å²) in [5.74, 6) is 1.85. The molecule has 0 N–H and O–H groups in total. The number of aromatic nitrogens is 2. The zero-order chi connectivity index (χ0) is 23.7. The predicted molar refractivity (Wildman–Crippen MR) is 126 cm³/mol. The first-order valence-electron chi connectivity index (χ1n) is 11.7. The molecule has 2 amide bonds. The average Bonchev–Trinajstić information content (AvgIpc) is 3.51. The van der Waals surface area contributed by atoms with Crippen molar-refractivity contribution in [2.24, 2.45) is 5.92 Å². The first-order chi connectivity index (χ1) is 16.5. The van der Waals surface area contributed by atoms with Crippen molar-refractivity contribution in [1.29, 1.82) is 0 Å². The van der Waals surface area contributed by atoms with Crippen LogP contribution in [0.5, 0.6) is 5.75 Å². The third-order valence-corrected chi connectivity index (χ3v) is 6.85. The SMILES string of the molecule is COc1ccc(N2C[C@H](C(=O)N3CCC(c4noc(-c5ccccc5C)n4)CC3)CC2=O)cc1. The minimum Gasteiger partial charge on any atom is -0.497 e. The number of aryl methyl sites for hydroxylation is 1. The van der Waals surface area contributed by atoms with Gasteiger partial charge in [0.15, 0.2) is 5.82 Å². The van der Waals surface area contributed by atoms with Crippen molar-refractivity contribution in [3.63, 3.8) is 0 Å². The quantitative estimate of drug-likeness (QED) is 0.575. The highest BCUT2D eigenvalue weighted by Gasteiger charge is 2.38. The molecule has 2 aromatic carbocycles. The number of benzene rings is 2. The van der Waals surface area contributed by atoms with E-state index in [2.05, 4.69) is 10.1 Å². The van der Waals surface area contributed by atoms with Crippen LogP contribution in [0.2, 0.25) is 0 Å². The Morgan fingerprint density at radius 1 is 1.09 bits per heavy atom. The first kappa shape index (κ1) is 22.1. The van der Waals surface area contributed by atoms with Gasteiger partial charge in [0.1, 0.15) is 5.75 Å². The van der Waals surface area contributed by atoms with Gasteiger partial charge < -0.3 is 19.1 Å². The number of rotatable bonds is 5. The van der Waals surface area contributed by atoms with Crippen LogP contribution in [0.15, 0.2) is 53.1 Å². The van der Waals surface area contributed by atoms with Gasteiger partial charge in [-0.25, -0.2) is 0 Å². The number of anilines is 1. The van der Waals surface area contributed by atoms with Crippen LogP contribution < -0.4 is 9.64 Å². The van der Waals surface area contributed by atoms with Crippen LogP contribution >= 0.6 is 0 Å². The number of carbonyl (C=O) groups is 2. The van der Waals surface area contributed by atoms with Crippen molar-refractivity contribution in [2.75, 3.05) is 31.6 Å². The average molecular weight is 461 g/mol. The van der Waals surface area contributed by atoms with Crippen LogP contribution in [0, 0.1) is 12.8 Å². The number of hydrogen-bond acceptors (Lipinski definition) is 6. The summed E-state index contributed by atoms with van der Waals surface area (Å²) in [6, 6.07) is 15.3. The number of hydrogen-bond donors (Lipinski definition) is 0. The molecule has 2 saturated heterocycles. The van der Waals surface area contributed by atoms with Crippen molar-refractivity contribution in [3.05, 3.63) is 59.9 Å². The normalized spacial score (nSPS) is 19.0. The van der Waals surface area contributed by atoms with Crippen LogP contribution in [0.1, 0.15) is 36.6 Å². The van der Waals surface area contributed by atoms with E-state index in [0.29, 0.717) is 31.3 Å². The third-order valence-electron chi connectivity index (χ3n) is 6.85. The monoisotopic (exact) mass is 460 g/mol. The van der Waals surface area contributed by atoms with Gasteiger partial charge in [-0.2, -0.15) is 4.98 Å². The molecule has 5 rings (SSSR count). The molecule has 3 heterocycles. The van der Waals surface area contributed by atoms with E-state index < -0.39 is 0 Å². The molecule has 176 valence electrons. The van der Waals surface area contributed by atoms with Gasteiger partial charge in [0.2, 0.25) is 11.8 Å². The Hall–Kier alpha value is -3.68. The number of ether oxygens (including phenoxy) is 1. The summed E-state index contributed by atoms with van der Waals surface area (Å²) < 4.78 is 10.7. The maximum absolute atomic E-state index is 13.2. The molecule has 0 radical (unpaired) electrons. The van der Waals surface area contributed by atoms with E-state index in [1.807, 2.05) is 60.4 Å². The topological polar surface area (TPSA) is 88.8 Å². The maximum Gasteiger partial charge on any atom is 0.258 e. The van der Waals surface area contributed by atoms with Gasteiger partial charge in [-0.1, -0.05) is 23.4 Å². The van der Waals surface area contributed by atoms with E-state index in [-0.39, 0.29) is 30.1 Å². The summed E-state index contributed by atoms with van der Waals surface area (Å²) in [6.45, 7) is 3.69. The molecule has 1 aromatic heterocycles. The molecule has 2 aliphatic rings. The Labute approximate surface area is 198 Å². The maximum atomic E-state index is 13.2. The molecule has 0 saturated carbocycles. The van der Waals surface area contributed by atoms with Gasteiger partial charge in [-0.3, -0.25) is 9.59 Å². The van der Waals surface area contributed by atoms with Gasteiger partial charge in [0.25, 0.3) is 5.89 Å². The molecule has 0 spiro atoms. The summed E-state index contributed by atoms with van der Waals surface area (Å²) in [5, 5.41) is 4.22. The van der Waals surface area contributed by atoms with Gasteiger partial charge in [0.05, 0.1) is 13.0 Å². The summed E-state index contributed by atoms with van der Waals surface area (Å²) >= 11 is 0. The molecular formula is C26H28N4O4. The van der Waals surface area contributed by atoms with Crippen LogP contribution in [-0.2, 0) is 9.59 Å².